The van der Waals surface area contributed by atoms with Crippen molar-refractivity contribution in [2.24, 2.45) is 0 Å². The van der Waals surface area contributed by atoms with Gasteiger partial charge in [0.25, 0.3) is 0 Å². The molecule has 0 fully saturated rings. The molecule has 75 valence electrons. The van der Waals surface area contributed by atoms with E-state index >= 15 is 0 Å². The van der Waals surface area contributed by atoms with Crippen LogP contribution in [0.1, 0.15) is 5.56 Å². The Morgan fingerprint density at radius 1 is 1.13 bits per heavy atom. The van der Waals surface area contributed by atoms with E-state index in [9.17, 15) is 5.21 Å². The van der Waals surface area contributed by atoms with Gasteiger partial charge < -0.3 is 9.94 Å². The molecule has 3 nitrogen and oxygen atoms in total. The van der Waals surface area contributed by atoms with Crippen LogP contribution in [0.25, 0.3) is 0 Å². The molecule has 0 saturated carbocycles. The highest BCUT2D eigenvalue weighted by molar-refractivity contribution is 5.21. The van der Waals surface area contributed by atoms with E-state index in [4.69, 9.17) is 4.74 Å². The smallest absolute Gasteiger partial charge is 0.180 e. The molecule has 15 heavy (non-hydrogen) atoms. The van der Waals surface area contributed by atoms with Crippen molar-refractivity contribution in [3.05, 3.63) is 65.6 Å². The maximum Gasteiger partial charge on any atom is 0.180 e. The first-order valence-electron chi connectivity index (χ1n) is 4.61. The zero-order chi connectivity index (χ0) is 10.5. The summed E-state index contributed by atoms with van der Waals surface area (Å²) in [4.78, 5) is 0. The van der Waals surface area contributed by atoms with Crippen LogP contribution in [0.2, 0.25) is 0 Å². The number of hydrogen-bond acceptors (Lipinski definition) is 2. The molecule has 1 aromatic carbocycles. The minimum Gasteiger partial charge on any atom is -0.619 e. The Morgan fingerprint density at radius 3 is 2.47 bits per heavy atom. The van der Waals surface area contributed by atoms with Crippen LogP contribution in [0.15, 0.2) is 48.8 Å². The van der Waals surface area contributed by atoms with Gasteiger partial charge in [0, 0.05) is 17.7 Å². The van der Waals surface area contributed by atoms with E-state index in [0.717, 1.165) is 16.0 Å². The average molecular weight is 200 g/mol. The van der Waals surface area contributed by atoms with Gasteiger partial charge in [-0.1, -0.05) is 12.1 Å². The van der Waals surface area contributed by atoms with Crippen LogP contribution in [-0.4, -0.2) is 0 Å². The summed E-state index contributed by atoms with van der Waals surface area (Å²) in [6.07, 6.45) is 2.91. The van der Waals surface area contributed by atoms with Gasteiger partial charge in [-0.05, 0) is 18.2 Å². The molecule has 0 spiro atoms. The molecule has 0 unspecified atom stereocenters. The molecule has 1 heterocycles. The fourth-order valence-electron chi connectivity index (χ4n) is 1.17. The van der Waals surface area contributed by atoms with Gasteiger partial charge >= 0.3 is 0 Å². The largest absolute Gasteiger partial charge is 0.619 e. The number of pyridine rings is 1. The van der Waals surface area contributed by atoms with E-state index in [0.29, 0.717) is 6.61 Å². The van der Waals surface area contributed by atoms with Crippen LogP contribution in [0.3, 0.4) is 0 Å². The molecule has 0 N–H and O–H groups in total. The van der Waals surface area contributed by atoms with Gasteiger partial charge in [-0.3, -0.25) is 0 Å². The molecular formula is C12H10NO2. The van der Waals surface area contributed by atoms with Crippen LogP contribution in [0, 0.1) is 11.3 Å². The second kappa shape index (κ2) is 4.46. The Labute approximate surface area is 88.1 Å². The van der Waals surface area contributed by atoms with Gasteiger partial charge in [0.1, 0.15) is 12.4 Å². The number of ether oxygens (including phenoxy) is 1. The van der Waals surface area contributed by atoms with Crippen molar-refractivity contribution in [1.29, 1.82) is 0 Å². The van der Waals surface area contributed by atoms with Gasteiger partial charge in [-0.2, -0.15) is 4.73 Å². The van der Waals surface area contributed by atoms with Crippen molar-refractivity contribution in [2.75, 3.05) is 0 Å². The zero-order valence-electron chi connectivity index (χ0n) is 8.09. The second-order valence-electron chi connectivity index (χ2n) is 3.09. The molecule has 1 aromatic heterocycles. The topological polar surface area (TPSA) is 36.2 Å². The third-order valence-corrected chi connectivity index (χ3v) is 1.96. The Bertz CT molecular complexity index is 411. The molecule has 0 saturated heterocycles. The van der Waals surface area contributed by atoms with Gasteiger partial charge in [0.15, 0.2) is 12.4 Å². The van der Waals surface area contributed by atoms with Crippen molar-refractivity contribution in [3.8, 4) is 5.75 Å². The highest BCUT2D eigenvalue weighted by atomic mass is 16.5. The van der Waals surface area contributed by atoms with E-state index in [1.807, 2.05) is 12.1 Å². The maximum absolute atomic E-state index is 10.8. The van der Waals surface area contributed by atoms with Crippen LogP contribution >= 0.6 is 0 Å². The zero-order valence-corrected chi connectivity index (χ0v) is 8.09. The summed E-state index contributed by atoms with van der Waals surface area (Å²) < 4.78 is 6.25. The molecule has 2 aromatic rings. The van der Waals surface area contributed by atoms with E-state index in [1.165, 1.54) is 12.4 Å². The van der Waals surface area contributed by atoms with Gasteiger partial charge in [0.05, 0.1) is 0 Å². The van der Waals surface area contributed by atoms with E-state index in [1.54, 1.807) is 24.3 Å². The molecule has 3 heteroatoms. The third kappa shape index (κ3) is 2.71. The van der Waals surface area contributed by atoms with Gasteiger partial charge in [-0.15, -0.1) is 0 Å². The van der Waals surface area contributed by atoms with Gasteiger partial charge in [-0.25, -0.2) is 0 Å². The monoisotopic (exact) mass is 200 g/mol. The first-order chi connectivity index (χ1) is 7.34. The molecule has 0 aliphatic carbocycles. The van der Waals surface area contributed by atoms with Crippen molar-refractivity contribution in [2.45, 2.75) is 6.61 Å². The highest BCUT2D eigenvalue weighted by Gasteiger charge is 1.96. The fraction of sp³-hybridized carbons (Fsp3) is 0.0833. The molecule has 0 bridgehead atoms. The maximum atomic E-state index is 10.8. The summed E-state index contributed by atoms with van der Waals surface area (Å²) in [7, 11) is 0. The summed E-state index contributed by atoms with van der Waals surface area (Å²) in [6.45, 7) is 0.463. The first-order valence-corrected chi connectivity index (χ1v) is 4.61. The van der Waals surface area contributed by atoms with Crippen molar-refractivity contribution in [1.82, 2.24) is 0 Å². The lowest BCUT2D eigenvalue weighted by molar-refractivity contribution is -0.605. The van der Waals surface area contributed by atoms with Crippen molar-refractivity contribution < 1.29 is 9.47 Å². The molecule has 0 amide bonds. The predicted molar refractivity (Wildman–Crippen MR) is 55.0 cm³/mol. The standard InChI is InChI=1S/C12H10NO2/c14-13-8-6-11(7-9-13)10-15-12-4-2-1-3-5-12/h2-9H,10H2. The van der Waals surface area contributed by atoms with Crippen LogP contribution < -0.4 is 9.47 Å². The third-order valence-electron chi connectivity index (χ3n) is 1.96. The fourth-order valence-corrected chi connectivity index (χ4v) is 1.17. The number of aromatic nitrogens is 1. The van der Waals surface area contributed by atoms with Crippen molar-refractivity contribution in [3.63, 3.8) is 0 Å². The molecule has 0 aliphatic heterocycles. The van der Waals surface area contributed by atoms with Crippen molar-refractivity contribution >= 4 is 0 Å². The number of hydrogen-bond donors (Lipinski definition) is 0. The minimum absolute atomic E-state index is 0.463. The Hall–Kier alpha value is -2.03. The van der Waals surface area contributed by atoms with Crippen LogP contribution in [0.4, 0.5) is 0 Å². The molecule has 0 atom stereocenters. The molecule has 0 aliphatic rings. The minimum atomic E-state index is 0.463. The molecule has 2 rings (SSSR count). The number of rotatable bonds is 3. The van der Waals surface area contributed by atoms with Crippen LogP contribution in [0.5, 0.6) is 5.75 Å². The van der Waals surface area contributed by atoms with Gasteiger partial charge in [0.2, 0.25) is 0 Å². The summed E-state index contributed by atoms with van der Waals surface area (Å²) in [5.74, 6) is 0.799. The molecular weight excluding hydrogens is 190 g/mol. The summed E-state index contributed by atoms with van der Waals surface area (Å²) in [6, 6.07) is 13.7. The summed E-state index contributed by atoms with van der Waals surface area (Å²) >= 11 is 0. The lowest BCUT2D eigenvalue weighted by atomic mass is 10.3. The Balaban J connectivity index is 1.96. The highest BCUT2D eigenvalue weighted by Crippen LogP contribution is 2.10. The first kappa shape index (κ1) is 9.52. The SMILES string of the molecule is [O-][n+]1ccc(COc2cc[c]cc2)cc1. The molecule has 1 radical (unpaired) electrons. The lowest BCUT2D eigenvalue weighted by Gasteiger charge is -2.05. The predicted octanol–water partition coefficient (Wildman–Crippen LogP) is 1.70. The van der Waals surface area contributed by atoms with E-state index < -0.39 is 0 Å². The average Bonchev–Trinajstić information content (AvgIpc) is 2.30. The summed E-state index contributed by atoms with van der Waals surface area (Å²) in [5.41, 5.74) is 0.968. The Kier molecular flexibility index (Phi) is 2.83. The number of benzene rings is 1. The quantitative estimate of drug-likeness (QED) is 0.558. The second-order valence-corrected chi connectivity index (χ2v) is 3.09. The van der Waals surface area contributed by atoms with E-state index in [2.05, 4.69) is 6.07 Å². The van der Waals surface area contributed by atoms with Crippen LogP contribution in [-0.2, 0) is 6.61 Å². The summed E-state index contributed by atoms with van der Waals surface area (Å²) in [5, 5.41) is 10.8. The normalized spacial score (nSPS) is 9.87. The van der Waals surface area contributed by atoms with E-state index in [-0.39, 0.29) is 0 Å². The number of nitrogens with zero attached hydrogens (tertiary/aromatic N) is 1. The lowest BCUT2D eigenvalue weighted by Crippen LogP contribution is -2.23. The Morgan fingerprint density at radius 2 is 1.80 bits per heavy atom.